The van der Waals surface area contributed by atoms with Crippen molar-refractivity contribution in [3.8, 4) is 5.75 Å². The van der Waals surface area contributed by atoms with Crippen LogP contribution in [0, 0.1) is 0 Å². The Bertz CT molecular complexity index is 956. The summed E-state index contributed by atoms with van der Waals surface area (Å²) in [5.74, 6) is 0.108. The van der Waals surface area contributed by atoms with Gasteiger partial charge in [-0.1, -0.05) is 23.7 Å². The molecule has 0 fully saturated rings. The summed E-state index contributed by atoms with van der Waals surface area (Å²) in [5, 5.41) is 10.5. The first kappa shape index (κ1) is 13.1. The van der Waals surface area contributed by atoms with Crippen molar-refractivity contribution in [2.45, 2.75) is 6.42 Å². The van der Waals surface area contributed by atoms with Gasteiger partial charge in [-0.25, -0.2) is 4.98 Å². The molecule has 0 spiro atoms. The van der Waals surface area contributed by atoms with Crippen LogP contribution >= 0.6 is 11.6 Å². The number of rotatable bonds is 1. The van der Waals surface area contributed by atoms with Crippen molar-refractivity contribution in [3.05, 3.63) is 70.1 Å². The van der Waals surface area contributed by atoms with E-state index >= 15 is 0 Å². The van der Waals surface area contributed by atoms with Crippen LogP contribution in [0.25, 0.3) is 11.7 Å². The molecular formula is C17H11ClN2O2. The Kier molecular flexibility index (Phi) is 2.81. The predicted octanol–water partition coefficient (Wildman–Crippen LogP) is 3.52. The average Bonchev–Trinajstić information content (AvgIpc) is 3.02. The number of nitrogens with zero attached hydrogens (tertiary/aromatic N) is 2. The third-order valence-corrected chi connectivity index (χ3v) is 4.03. The molecular weight excluding hydrogens is 300 g/mol. The Hall–Kier alpha value is -2.59. The molecule has 2 heterocycles. The van der Waals surface area contributed by atoms with E-state index in [-0.39, 0.29) is 11.5 Å². The van der Waals surface area contributed by atoms with Crippen LogP contribution in [0.5, 0.6) is 5.75 Å². The molecule has 1 aliphatic carbocycles. The summed E-state index contributed by atoms with van der Waals surface area (Å²) in [4.78, 5) is 16.8. The maximum atomic E-state index is 12.4. The van der Waals surface area contributed by atoms with E-state index in [1.165, 1.54) is 0 Å². The standard InChI is InChI=1S/C17H11ClN2O2/c18-11-4-5-16-19-12(9-20(16)8-11)6-10-7-14-13(17(10)22)2-1-3-15(14)21/h1-6,8-9,21H,7H2. The number of aromatic nitrogens is 2. The second kappa shape index (κ2) is 4.71. The number of carbonyl (C=O) groups excluding carboxylic acids is 1. The molecule has 5 heteroatoms. The van der Waals surface area contributed by atoms with Crippen LogP contribution in [0.3, 0.4) is 0 Å². The van der Waals surface area contributed by atoms with Gasteiger partial charge in [0, 0.05) is 35.5 Å². The number of phenolic OH excluding ortho intramolecular Hbond substituents is 1. The van der Waals surface area contributed by atoms with Crippen LogP contribution in [-0.2, 0) is 6.42 Å². The zero-order valence-electron chi connectivity index (χ0n) is 11.5. The fraction of sp³-hybridized carbons (Fsp3) is 0.0588. The fourth-order valence-electron chi connectivity index (χ4n) is 2.77. The molecule has 0 radical (unpaired) electrons. The molecule has 1 aliphatic rings. The van der Waals surface area contributed by atoms with Crippen LogP contribution in [0.2, 0.25) is 5.02 Å². The summed E-state index contributed by atoms with van der Waals surface area (Å²) >= 11 is 5.95. The zero-order valence-corrected chi connectivity index (χ0v) is 12.2. The topological polar surface area (TPSA) is 54.6 Å². The Morgan fingerprint density at radius 2 is 2.09 bits per heavy atom. The maximum Gasteiger partial charge on any atom is 0.189 e. The lowest BCUT2D eigenvalue weighted by Gasteiger charge is -1.97. The van der Waals surface area contributed by atoms with E-state index in [1.54, 1.807) is 36.5 Å². The molecule has 3 aromatic rings. The molecule has 0 bridgehead atoms. The largest absolute Gasteiger partial charge is 0.508 e. The highest BCUT2D eigenvalue weighted by Crippen LogP contribution is 2.33. The van der Waals surface area contributed by atoms with Crippen molar-refractivity contribution in [2.24, 2.45) is 0 Å². The van der Waals surface area contributed by atoms with Gasteiger partial charge in [-0.05, 0) is 24.3 Å². The number of allylic oxidation sites excluding steroid dienone is 1. The SMILES string of the molecule is O=C1C(=Cc2cn3cc(Cl)ccc3n2)Cc2c(O)cccc21. The van der Waals surface area contributed by atoms with Crippen LogP contribution in [0.15, 0.2) is 48.3 Å². The fourth-order valence-corrected chi connectivity index (χ4v) is 2.93. The Morgan fingerprint density at radius 1 is 1.23 bits per heavy atom. The minimum atomic E-state index is -0.0546. The van der Waals surface area contributed by atoms with Crippen LogP contribution in [0.4, 0.5) is 0 Å². The lowest BCUT2D eigenvalue weighted by atomic mass is 10.1. The number of hydrogen-bond donors (Lipinski definition) is 1. The molecule has 108 valence electrons. The number of aromatic hydroxyl groups is 1. The van der Waals surface area contributed by atoms with Crippen molar-refractivity contribution < 1.29 is 9.90 Å². The number of halogens is 1. The lowest BCUT2D eigenvalue weighted by molar-refractivity contribution is 0.104. The summed E-state index contributed by atoms with van der Waals surface area (Å²) in [6, 6.07) is 8.61. The second-order valence-electron chi connectivity index (χ2n) is 5.26. The number of fused-ring (bicyclic) bond motifs is 2. The van der Waals surface area contributed by atoms with Gasteiger partial charge in [-0.3, -0.25) is 4.79 Å². The molecule has 4 rings (SSSR count). The Labute approximate surface area is 131 Å². The van der Waals surface area contributed by atoms with E-state index in [1.807, 2.05) is 16.7 Å². The number of ketones is 1. The van der Waals surface area contributed by atoms with Gasteiger partial charge in [0.2, 0.25) is 0 Å². The van der Waals surface area contributed by atoms with E-state index in [0.717, 1.165) is 5.65 Å². The number of pyridine rings is 1. The lowest BCUT2D eigenvalue weighted by Crippen LogP contribution is -1.94. The molecule has 0 saturated heterocycles. The summed E-state index contributed by atoms with van der Waals surface area (Å²) < 4.78 is 1.82. The van der Waals surface area contributed by atoms with Crippen LogP contribution in [0.1, 0.15) is 21.6 Å². The molecule has 1 aromatic carbocycles. The van der Waals surface area contributed by atoms with E-state index in [9.17, 15) is 9.90 Å². The average molecular weight is 311 g/mol. The van der Waals surface area contributed by atoms with Crippen molar-refractivity contribution in [1.82, 2.24) is 9.38 Å². The monoisotopic (exact) mass is 310 g/mol. The van der Waals surface area contributed by atoms with Gasteiger partial charge < -0.3 is 9.51 Å². The highest BCUT2D eigenvalue weighted by molar-refractivity contribution is 6.30. The highest BCUT2D eigenvalue weighted by atomic mass is 35.5. The smallest absolute Gasteiger partial charge is 0.189 e. The van der Waals surface area contributed by atoms with Crippen LogP contribution < -0.4 is 0 Å². The number of benzene rings is 1. The van der Waals surface area contributed by atoms with Gasteiger partial charge in [0.1, 0.15) is 11.4 Å². The summed E-state index contributed by atoms with van der Waals surface area (Å²) in [6.45, 7) is 0. The highest BCUT2D eigenvalue weighted by Gasteiger charge is 2.27. The molecule has 1 N–H and O–H groups in total. The van der Waals surface area contributed by atoms with Crippen molar-refractivity contribution in [1.29, 1.82) is 0 Å². The number of phenols is 1. The van der Waals surface area contributed by atoms with Crippen LogP contribution in [-0.4, -0.2) is 20.3 Å². The predicted molar refractivity (Wildman–Crippen MR) is 84.3 cm³/mol. The quantitative estimate of drug-likeness (QED) is 0.700. The summed E-state index contributed by atoms with van der Waals surface area (Å²) in [5.41, 5.74) is 3.34. The number of Topliss-reactive ketones (excluding diaryl/α,β-unsaturated/α-hetero) is 1. The number of hydrogen-bond acceptors (Lipinski definition) is 3. The first-order valence-electron chi connectivity index (χ1n) is 6.82. The minimum absolute atomic E-state index is 0.0546. The molecule has 0 amide bonds. The molecule has 0 saturated carbocycles. The Balaban J connectivity index is 1.77. The van der Waals surface area contributed by atoms with E-state index in [4.69, 9.17) is 11.6 Å². The molecule has 22 heavy (non-hydrogen) atoms. The third kappa shape index (κ3) is 2.00. The van der Waals surface area contributed by atoms with Gasteiger partial charge in [0.15, 0.2) is 5.78 Å². The third-order valence-electron chi connectivity index (χ3n) is 3.81. The molecule has 4 nitrogen and oxygen atoms in total. The van der Waals surface area contributed by atoms with Crippen molar-refractivity contribution >= 4 is 29.1 Å². The Morgan fingerprint density at radius 3 is 2.91 bits per heavy atom. The normalized spacial score (nSPS) is 15.7. The molecule has 0 aliphatic heterocycles. The minimum Gasteiger partial charge on any atom is -0.508 e. The number of imidazole rings is 1. The van der Waals surface area contributed by atoms with Crippen molar-refractivity contribution in [3.63, 3.8) is 0 Å². The first-order chi connectivity index (χ1) is 10.6. The summed E-state index contributed by atoms with van der Waals surface area (Å²) in [6.07, 6.45) is 5.78. The second-order valence-corrected chi connectivity index (χ2v) is 5.69. The maximum absolute atomic E-state index is 12.4. The van der Waals surface area contributed by atoms with E-state index in [0.29, 0.717) is 33.8 Å². The first-order valence-corrected chi connectivity index (χ1v) is 7.20. The van der Waals surface area contributed by atoms with E-state index in [2.05, 4.69) is 4.98 Å². The van der Waals surface area contributed by atoms with Gasteiger partial charge in [0.05, 0.1) is 10.7 Å². The zero-order chi connectivity index (χ0) is 15.3. The van der Waals surface area contributed by atoms with Gasteiger partial charge in [-0.2, -0.15) is 0 Å². The van der Waals surface area contributed by atoms with E-state index < -0.39 is 0 Å². The molecule has 0 atom stereocenters. The summed E-state index contributed by atoms with van der Waals surface area (Å²) in [7, 11) is 0. The molecule has 0 unspecified atom stereocenters. The molecule has 2 aromatic heterocycles. The van der Waals surface area contributed by atoms with Gasteiger partial charge in [0.25, 0.3) is 0 Å². The van der Waals surface area contributed by atoms with Crippen molar-refractivity contribution in [2.75, 3.05) is 0 Å². The van der Waals surface area contributed by atoms with Gasteiger partial charge in [-0.15, -0.1) is 0 Å². The van der Waals surface area contributed by atoms with Gasteiger partial charge >= 0.3 is 0 Å². The number of carbonyl (C=O) groups is 1.